The minimum absolute atomic E-state index is 0.0357. The number of hydrogen-bond donors (Lipinski definition) is 1. The van der Waals surface area contributed by atoms with Crippen molar-refractivity contribution in [3.05, 3.63) is 89.4 Å². The molecular weight excluding hydrogens is 374 g/mol. The van der Waals surface area contributed by atoms with Gasteiger partial charge in [0.1, 0.15) is 18.1 Å². The number of para-hydroxylation sites is 1. The van der Waals surface area contributed by atoms with Crippen molar-refractivity contribution >= 4 is 23.2 Å². The summed E-state index contributed by atoms with van der Waals surface area (Å²) in [6.45, 7) is 0.971. The molecule has 1 amide bonds. The molecule has 0 unspecified atom stereocenters. The van der Waals surface area contributed by atoms with E-state index in [1.807, 2.05) is 78.9 Å². The van der Waals surface area contributed by atoms with Gasteiger partial charge in [-0.25, -0.2) is 0 Å². The zero-order valence-corrected chi connectivity index (χ0v) is 16.2. The van der Waals surface area contributed by atoms with E-state index in [1.165, 1.54) is 0 Å². The van der Waals surface area contributed by atoms with Gasteiger partial charge in [-0.1, -0.05) is 41.9 Å². The Morgan fingerprint density at radius 3 is 2.21 bits per heavy atom. The Kier molecular flexibility index (Phi) is 7.33. The fourth-order valence-electron chi connectivity index (χ4n) is 2.54. The number of benzene rings is 3. The van der Waals surface area contributed by atoms with Gasteiger partial charge >= 0.3 is 0 Å². The largest absolute Gasteiger partial charge is 0.494 e. The minimum Gasteiger partial charge on any atom is -0.494 e. The van der Waals surface area contributed by atoms with E-state index in [4.69, 9.17) is 21.1 Å². The van der Waals surface area contributed by atoms with Gasteiger partial charge in [0.05, 0.1) is 6.61 Å². The summed E-state index contributed by atoms with van der Waals surface area (Å²) in [6, 6.07) is 24.4. The van der Waals surface area contributed by atoms with Crippen molar-refractivity contribution in [3.63, 3.8) is 0 Å². The van der Waals surface area contributed by atoms with Gasteiger partial charge in [-0.2, -0.15) is 0 Å². The Bertz CT molecular complexity index is 865. The Morgan fingerprint density at radius 2 is 1.50 bits per heavy atom. The van der Waals surface area contributed by atoms with E-state index in [9.17, 15) is 4.79 Å². The number of nitrogens with one attached hydrogen (secondary N) is 1. The molecule has 1 N–H and O–H groups in total. The molecule has 0 saturated heterocycles. The Hall–Kier alpha value is -2.98. The van der Waals surface area contributed by atoms with Crippen LogP contribution in [0.25, 0.3) is 0 Å². The van der Waals surface area contributed by atoms with Crippen LogP contribution in [0.5, 0.6) is 11.5 Å². The van der Waals surface area contributed by atoms with Crippen molar-refractivity contribution in [2.75, 3.05) is 11.9 Å². The fourth-order valence-corrected chi connectivity index (χ4v) is 2.67. The number of rotatable bonds is 9. The highest BCUT2D eigenvalue weighted by Crippen LogP contribution is 2.18. The van der Waals surface area contributed by atoms with Gasteiger partial charge in [-0.3, -0.25) is 4.79 Å². The molecule has 0 atom stereocenters. The normalized spacial score (nSPS) is 10.3. The molecular formula is C23H22ClNO3. The number of carbonyl (C=O) groups is 1. The van der Waals surface area contributed by atoms with Crippen LogP contribution >= 0.6 is 11.6 Å². The number of halogens is 1. The van der Waals surface area contributed by atoms with E-state index in [0.717, 1.165) is 22.7 Å². The molecule has 0 aliphatic carbocycles. The highest BCUT2D eigenvalue weighted by atomic mass is 35.5. The molecule has 3 aromatic rings. The van der Waals surface area contributed by atoms with Crippen molar-refractivity contribution in [1.29, 1.82) is 0 Å². The average Bonchev–Trinajstić information content (AvgIpc) is 2.73. The summed E-state index contributed by atoms with van der Waals surface area (Å²) in [5.41, 5.74) is 1.78. The highest BCUT2D eigenvalue weighted by Gasteiger charge is 2.04. The van der Waals surface area contributed by atoms with Gasteiger partial charge in [0.2, 0.25) is 5.91 Å². The van der Waals surface area contributed by atoms with Gasteiger partial charge in [0.15, 0.2) is 0 Å². The second-order valence-electron chi connectivity index (χ2n) is 6.25. The van der Waals surface area contributed by atoms with Crippen LogP contribution in [-0.2, 0) is 11.4 Å². The lowest BCUT2D eigenvalue weighted by molar-refractivity contribution is -0.116. The maximum atomic E-state index is 12.0. The number of amides is 1. The Balaban J connectivity index is 1.37. The standard InChI is InChI=1S/C23H22ClNO3/c24-19-10-8-18(9-11-19)17-28-22-14-12-20(13-15-22)25-23(26)7-4-16-27-21-5-2-1-3-6-21/h1-3,5-6,8-15H,4,7,16-17H2,(H,25,26). The first-order chi connectivity index (χ1) is 13.7. The maximum absolute atomic E-state index is 12.0. The van der Waals surface area contributed by atoms with Crippen LogP contribution in [0.1, 0.15) is 18.4 Å². The van der Waals surface area contributed by atoms with Gasteiger partial charge in [0, 0.05) is 17.1 Å². The molecule has 0 radical (unpaired) electrons. The molecule has 0 saturated carbocycles. The molecule has 0 heterocycles. The predicted octanol–water partition coefficient (Wildman–Crippen LogP) is 5.72. The van der Waals surface area contributed by atoms with Gasteiger partial charge in [0.25, 0.3) is 0 Å². The molecule has 0 spiro atoms. The van der Waals surface area contributed by atoms with Crippen molar-refractivity contribution in [2.24, 2.45) is 0 Å². The predicted molar refractivity (Wildman–Crippen MR) is 112 cm³/mol. The summed E-state index contributed by atoms with van der Waals surface area (Å²) in [6.07, 6.45) is 1.06. The second-order valence-corrected chi connectivity index (χ2v) is 6.69. The second kappa shape index (κ2) is 10.4. The lowest BCUT2D eigenvalue weighted by Gasteiger charge is -2.09. The van der Waals surface area contributed by atoms with Crippen LogP contribution < -0.4 is 14.8 Å². The number of anilines is 1. The lowest BCUT2D eigenvalue weighted by Crippen LogP contribution is -2.12. The molecule has 3 rings (SSSR count). The molecule has 28 heavy (non-hydrogen) atoms. The Labute approximate surface area is 170 Å². The van der Waals surface area contributed by atoms with Crippen molar-refractivity contribution in [1.82, 2.24) is 0 Å². The van der Waals surface area contributed by atoms with Gasteiger partial charge < -0.3 is 14.8 Å². The topological polar surface area (TPSA) is 47.6 Å². The van der Waals surface area contributed by atoms with Crippen LogP contribution in [0.3, 0.4) is 0 Å². The third-order valence-corrected chi connectivity index (χ3v) is 4.27. The number of carbonyl (C=O) groups excluding carboxylic acids is 1. The molecule has 0 aromatic heterocycles. The molecule has 4 nitrogen and oxygen atoms in total. The lowest BCUT2D eigenvalue weighted by atomic mass is 10.2. The summed E-state index contributed by atoms with van der Waals surface area (Å²) in [5.74, 6) is 1.52. The van der Waals surface area contributed by atoms with Crippen molar-refractivity contribution in [2.45, 2.75) is 19.4 Å². The Morgan fingerprint density at radius 1 is 0.821 bits per heavy atom. The van der Waals surface area contributed by atoms with Crippen molar-refractivity contribution in [3.8, 4) is 11.5 Å². The zero-order chi connectivity index (χ0) is 19.6. The van der Waals surface area contributed by atoms with E-state index in [-0.39, 0.29) is 5.91 Å². The first kappa shape index (κ1) is 19.8. The van der Waals surface area contributed by atoms with E-state index in [1.54, 1.807) is 0 Å². The van der Waals surface area contributed by atoms with Crippen molar-refractivity contribution < 1.29 is 14.3 Å². The zero-order valence-electron chi connectivity index (χ0n) is 15.4. The van der Waals surface area contributed by atoms with Crippen LogP contribution in [0, 0.1) is 0 Å². The van der Waals surface area contributed by atoms with Gasteiger partial charge in [-0.05, 0) is 60.5 Å². The third-order valence-electron chi connectivity index (χ3n) is 4.02. The third kappa shape index (κ3) is 6.63. The maximum Gasteiger partial charge on any atom is 0.224 e. The summed E-state index contributed by atoms with van der Waals surface area (Å²) in [7, 11) is 0. The molecule has 0 bridgehead atoms. The van der Waals surface area contributed by atoms with E-state index >= 15 is 0 Å². The van der Waals surface area contributed by atoms with Crippen LogP contribution in [0.4, 0.5) is 5.69 Å². The van der Waals surface area contributed by atoms with Crippen LogP contribution in [0.15, 0.2) is 78.9 Å². The number of hydrogen-bond acceptors (Lipinski definition) is 3. The fraction of sp³-hybridized carbons (Fsp3) is 0.174. The van der Waals surface area contributed by atoms with Crippen LogP contribution in [-0.4, -0.2) is 12.5 Å². The summed E-state index contributed by atoms with van der Waals surface area (Å²) in [4.78, 5) is 12.0. The summed E-state index contributed by atoms with van der Waals surface area (Å²) in [5, 5.41) is 3.59. The van der Waals surface area contributed by atoms with Crippen LogP contribution in [0.2, 0.25) is 5.02 Å². The molecule has 0 aliphatic heterocycles. The molecule has 0 aliphatic rings. The van der Waals surface area contributed by atoms with E-state index < -0.39 is 0 Å². The summed E-state index contributed by atoms with van der Waals surface area (Å²) >= 11 is 5.87. The first-order valence-electron chi connectivity index (χ1n) is 9.14. The quantitative estimate of drug-likeness (QED) is 0.471. The SMILES string of the molecule is O=C(CCCOc1ccccc1)Nc1ccc(OCc2ccc(Cl)cc2)cc1. The van der Waals surface area contributed by atoms with E-state index in [0.29, 0.717) is 31.1 Å². The molecule has 0 fully saturated rings. The minimum atomic E-state index is -0.0357. The number of ether oxygens (including phenoxy) is 2. The first-order valence-corrected chi connectivity index (χ1v) is 9.52. The monoisotopic (exact) mass is 395 g/mol. The highest BCUT2D eigenvalue weighted by molar-refractivity contribution is 6.30. The molecule has 144 valence electrons. The molecule has 3 aromatic carbocycles. The smallest absolute Gasteiger partial charge is 0.224 e. The molecule has 5 heteroatoms. The van der Waals surface area contributed by atoms with E-state index in [2.05, 4.69) is 5.32 Å². The average molecular weight is 396 g/mol. The van der Waals surface area contributed by atoms with Gasteiger partial charge in [-0.15, -0.1) is 0 Å². The summed E-state index contributed by atoms with van der Waals surface area (Å²) < 4.78 is 11.3.